The highest BCUT2D eigenvalue weighted by Gasteiger charge is 2.16. The quantitative estimate of drug-likeness (QED) is 0.701. The molecule has 1 amide bonds. The van der Waals surface area contributed by atoms with Gasteiger partial charge in [0.1, 0.15) is 10.8 Å². The zero-order valence-electron chi connectivity index (χ0n) is 16.0. The van der Waals surface area contributed by atoms with Gasteiger partial charge in [0.2, 0.25) is 5.91 Å². The summed E-state index contributed by atoms with van der Waals surface area (Å²) in [5.74, 6) is 1.25. The van der Waals surface area contributed by atoms with Gasteiger partial charge in [-0.25, -0.2) is 9.97 Å². The van der Waals surface area contributed by atoms with Gasteiger partial charge in [0.05, 0.1) is 29.7 Å². The van der Waals surface area contributed by atoms with Gasteiger partial charge in [-0.15, -0.1) is 11.3 Å². The summed E-state index contributed by atoms with van der Waals surface area (Å²) in [5.41, 5.74) is 3.16. The van der Waals surface area contributed by atoms with Gasteiger partial charge in [-0.2, -0.15) is 0 Å². The van der Waals surface area contributed by atoms with Crippen LogP contribution in [0.15, 0.2) is 24.3 Å². The Morgan fingerprint density at radius 2 is 1.92 bits per heavy atom. The molecular formula is C20H26N4OS. The van der Waals surface area contributed by atoms with E-state index in [9.17, 15) is 4.79 Å². The fourth-order valence-electron chi connectivity index (χ4n) is 3.25. The molecule has 3 aromatic rings. The second kappa shape index (κ2) is 7.58. The van der Waals surface area contributed by atoms with Crippen LogP contribution in [0.5, 0.6) is 0 Å². The number of aryl methyl sites for hydroxylation is 1. The highest BCUT2D eigenvalue weighted by atomic mass is 32.1. The van der Waals surface area contributed by atoms with Crippen LogP contribution >= 0.6 is 11.3 Å². The number of amides is 1. The maximum absolute atomic E-state index is 12.4. The van der Waals surface area contributed by atoms with E-state index in [0.29, 0.717) is 18.9 Å². The molecule has 1 aromatic carbocycles. The minimum absolute atomic E-state index is 0.0172. The van der Waals surface area contributed by atoms with Crippen molar-refractivity contribution in [3.05, 3.63) is 45.7 Å². The van der Waals surface area contributed by atoms with Gasteiger partial charge in [-0.1, -0.05) is 26.0 Å². The molecule has 5 nitrogen and oxygen atoms in total. The molecule has 2 aromatic heterocycles. The van der Waals surface area contributed by atoms with E-state index >= 15 is 0 Å². The van der Waals surface area contributed by atoms with Crippen LogP contribution in [0.1, 0.15) is 61.1 Å². The summed E-state index contributed by atoms with van der Waals surface area (Å²) in [6, 6.07) is 8.36. The van der Waals surface area contributed by atoms with E-state index in [4.69, 9.17) is 0 Å². The van der Waals surface area contributed by atoms with Crippen molar-refractivity contribution in [1.29, 1.82) is 0 Å². The molecular weight excluding hydrogens is 344 g/mol. The number of carbonyl (C=O) groups is 1. The SMILES string of the molecule is Cc1sc(CC(=O)NCc2nc3ccccc3n2C(C)C)nc1C(C)C. The normalized spacial score (nSPS) is 11.7. The summed E-state index contributed by atoms with van der Waals surface area (Å²) in [6.07, 6.45) is 0.320. The van der Waals surface area contributed by atoms with Crippen LogP contribution in [0.25, 0.3) is 11.0 Å². The molecule has 0 aliphatic carbocycles. The zero-order valence-corrected chi connectivity index (χ0v) is 16.9. The number of imidazole rings is 1. The van der Waals surface area contributed by atoms with E-state index in [2.05, 4.69) is 60.5 Å². The Hall–Kier alpha value is -2.21. The Morgan fingerprint density at radius 3 is 2.58 bits per heavy atom. The lowest BCUT2D eigenvalue weighted by molar-refractivity contribution is -0.120. The smallest absolute Gasteiger partial charge is 0.227 e. The van der Waals surface area contributed by atoms with Crippen LogP contribution in [-0.2, 0) is 17.8 Å². The Balaban J connectivity index is 1.71. The number of rotatable bonds is 6. The Kier molecular flexibility index (Phi) is 5.41. The number of nitrogens with zero attached hydrogens (tertiary/aromatic N) is 3. The first-order valence-electron chi connectivity index (χ1n) is 9.05. The number of aromatic nitrogens is 3. The van der Waals surface area contributed by atoms with Gasteiger partial charge in [0.15, 0.2) is 0 Å². The molecule has 0 unspecified atom stereocenters. The molecule has 0 saturated carbocycles. The van der Waals surface area contributed by atoms with Gasteiger partial charge < -0.3 is 9.88 Å². The number of carbonyl (C=O) groups excluding carboxylic acids is 1. The summed E-state index contributed by atoms with van der Waals surface area (Å²) < 4.78 is 2.18. The van der Waals surface area contributed by atoms with Gasteiger partial charge in [0, 0.05) is 10.9 Å². The zero-order chi connectivity index (χ0) is 18.8. The molecule has 138 valence electrons. The van der Waals surface area contributed by atoms with Crippen LogP contribution in [0, 0.1) is 6.92 Å². The van der Waals surface area contributed by atoms with E-state index in [1.165, 1.54) is 4.88 Å². The maximum Gasteiger partial charge on any atom is 0.227 e. The highest BCUT2D eigenvalue weighted by Crippen LogP contribution is 2.24. The number of nitrogens with one attached hydrogen (secondary N) is 1. The van der Waals surface area contributed by atoms with Crippen molar-refractivity contribution in [2.24, 2.45) is 0 Å². The first kappa shape index (κ1) is 18.6. The standard InChI is InChI=1S/C20H26N4OS/c1-12(2)20-14(5)26-19(23-20)10-18(25)21-11-17-22-15-8-6-7-9-16(15)24(17)13(3)4/h6-9,12-13H,10-11H2,1-5H3,(H,21,25). The highest BCUT2D eigenvalue weighted by molar-refractivity contribution is 7.11. The van der Waals surface area contributed by atoms with Crippen molar-refractivity contribution in [3.8, 4) is 0 Å². The number of fused-ring (bicyclic) bond motifs is 1. The van der Waals surface area contributed by atoms with Crippen molar-refractivity contribution in [2.75, 3.05) is 0 Å². The first-order chi connectivity index (χ1) is 12.4. The number of para-hydroxylation sites is 2. The van der Waals surface area contributed by atoms with E-state index < -0.39 is 0 Å². The molecule has 0 spiro atoms. The monoisotopic (exact) mass is 370 g/mol. The minimum atomic E-state index is -0.0172. The Bertz CT molecular complexity index is 923. The van der Waals surface area contributed by atoms with Crippen molar-refractivity contribution < 1.29 is 4.79 Å². The Morgan fingerprint density at radius 1 is 1.19 bits per heavy atom. The third-order valence-electron chi connectivity index (χ3n) is 4.36. The largest absolute Gasteiger partial charge is 0.349 e. The summed E-state index contributed by atoms with van der Waals surface area (Å²) >= 11 is 1.61. The maximum atomic E-state index is 12.4. The fraction of sp³-hybridized carbons (Fsp3) is 0.450. The lowest BCUT2D eigenvalue weighted by atomic mass is 10.1. The predicted octanol–water partition coefficient (Wildman–Crippen LogP) is 4.36. The Labute approximate surface area is 158 Å². The molecule has 0 aliphatic heterocycles. The van der Waals surface area contributed by atoms with Crippen molar-refractivity contribution in [1.82, 2.24) is 19.9 Å². The minimum Gasteiger partial charge on any atom is -0.349 e. The molecule has 2 heterocycles. The molecule has 3 rings (SSSR count). The van der Waals surface area contributed by atoms with Crippen molar-refractivity contribution in [3.63, 3.8) is 0 Å². The average Bonchev–Trinajstić information content (AvgIpc) is 3.12. The van der Waals surface area contributed by atoms with Crippen LogP contribution < -0.4 is 5.32 Å². The molecule has 6 heteroatoms. The number of benzene rings is 1. The molecule has 0 aliphatic rings. The van der Waals surface area contributed by atoms with Crippen LogP contribution in [0.2, 0.25) is 0 Å². The van der Waals surface area contributed by atoms with E-state index in [1.807, 2.05) is 18.2 Å². The van der Waals surface area contributed by atoms with Crippen molar-refractivity contribution in [2.45, 2.75) is 59.5 Å². The summed E-state index contributed by atoms with van der Waals surface area (Å²) in [4.78, 5) is 22.9. The molecule has 0 atom stereocenters. The molecule has 1 N–H and O–H groups in total. The number of hydrogen-bond acceptors (Lipinski definition) is 4. The van der Waals surface area contributed by atoms with Gasteiger partial charge in [-0.05, 0) is 38.8 Å². The fourth-order valence-corrected chi connectivity index (χ4v) is 4.34. The second-order valence-electron chi connectivity index (χ2n) is 7.14. The lowest BCUT2D eigenvalue weighted by Crippen LogP contribution is -2.26. The molecule has 26 heavy (non-hydrogen) atoms. The predicted molar refractivity (Wildman–Crippen MR) is 107 cm³/mol. The van der Waals surface area contributed by atoms with Crippen LogP contribution in [0.4, 0.5) is 0 Å². The van der Waals surface area contributed by atoms with Crippen molar-refractivity contribution >= 4 is 28.3 Å². The van der Waals surface area contributed by atoms with E-state index in [-0.39, 0.29) is 11.9 Å². The van der Waals surface area contributed by atoms with Gasteiger partial charge in [0.25, 0.3) is 0 Å². The number of hydrogen-bond donors (Lipinski definition) is 1. The van der Waals surface area contributed by atoms with Crippen LogP contribution in [0.3, 0.4) is 0 Å². The third-order valence-corrected chi connectivity index (χ3v) is 5.35. The third kappa shape index (κ3) is 3.80. The summed E-state index contributed by atoms with van der Waals surface area (Å²) in [5, 5.41) is 3.88. The molecule has 0 saturated heterocycles. The van der Waals surface area contributed by atoms with Crippen LogP contribution in [-0.4, -0.2) is 20.4 Å². The van der Waals surface area contributed by atoms with Gasteiger partial charge >= 0.3 is 0 Å². The topological polar surface area (TPSA) is 59.8 Å². The number of thiazole rings is 1. The molecule has 0 bridgehead atoms. The molecule has 0 fully saturated rings. The summed E-state index contributed by atoms with van der Waals surface area (Å²) in [7, 11) is 0. The summed E-state index contributed by atoms with van der Waals surface area (Å²) in [6.45, 7) is 11.0. The van der Waals surface area contributed by atoms with E-state index in [0.717, 1.165) is 27.6 Å². The van der Waals surface area contributed by atoms with Gasteiger partial charge in [-0.3, -0.25) is 4.79 Å². The average molecular weight is 371 g/mol. The van der Waals surface area contributed by atoms with E-state index in [1.54, 1.807) is 11.3 Å². The second-order valence-corrected chi connectivity index (χ2v) is 8.43. The molecule has 0 radical (unpaired) electrons. The lowest BCUT2D eigenvalue weighted by Gasteiger charge is -2.13. The first-order valence-corrected chi connectivity index (χ1v) is 9.87.